The third-order valence-electron chi connectivity index (χ3n) is 6.12. The summed E-state index contributed by atoms with van der Waals surface area (Å²) in [5.74, 6) is -0.486. The Morgan fingerprint density at radius 1 is 0.972 bits per heavy atom. The minimum Gasteiger partial charge on any atom is -0.483 e. The number of ether oxygens (including phenoxy) is 1. The minimum absolute atomic E-state index is 0.0519. The van der Waals surface area contributed by atoms with E-state index in [1.165, 1.54) is 11.0 Å². The van der Waals surface area contributed by atoms with E-state index < -0.39 is 17.8 Å². The maximum Gasteiger partial charge on any atom is 0.261 e. The molecule has 3 aromatic rings. The number of carbonyl (C=O) groups excluding carboxylic acids is 2. The number of nitrogens with zero attached hydrogens (tertiary/aromatic N) is 1. The van der Waals surface area contributed by atoms with E-state index in [0.29, 0.717) is 17.7 Å². The van der Waals surface area contributed by atoms with Gasteiger partial charge in [-0.15, -0.1) is 0 Å². The zero-order valence-corrected chi connectivity index (χ0v) is 21.7. The van der Waals surface area contributed by atoms with E-state index in [-0.39, 0.29) is 25.1 Å². The number of carbonyl (C=O) groups is 2. The van der Waals surface area contributed by atoms with Gasteiger partial charge in [-0.2, -0.15) is 0 Å². The largest absolute Gasteiger partial charge is 0.483 e. The summed E-state index contributed by atoms with van der Waals surface area (Å²) in [5, 5.41) is 2.93. The molecule has 0 aliphatic carbocycles. The predicted molar refractivity (Wildman–Crippen MR) is 140 cm³/mol. The second kappa shape index (κ2) is 12.3. The lowest BCUT2D eigenvalue weighted by Gasteiger charge is -2.32. The number of benzene rings is 3. The lowest BCUT2D eigenvalue weighted by atomic mass is 10.0. The van der Waals surface area contributed by atoms with E-state index >= 15 is 0 Å². The van der Waals surface area contributed by atoms with Crippen LogP contribution in [0.25, 0.3) is 0 Å². The Labute approximate surface area is 213 Å². The van der Waals surface area contributed by atoms with Crippen LogP contribution in [0.5, 0.6) is 5.75 Å². The average molecular weight is 491 g/mol. The van der Waals surface area contributed by atoms with Crippen LogP contribution in [-0.2, 0) is 22.6 Å². The molecule has 5 nitrogen and oxygen atoms in total. The first kappa shape index (κ1) is 26.9. The van der Waals surface area contributed by atoms with E-state index in [2.05, 4.69) is 11.4 Å². The number of hydrogen-bond acceptors (Lipinski definition) is 3. The van der Waals surface area contributed by atoms with Crippen LogP contribution in [0.1, 0.15) is 41.7 Å². The molecule has 6 heteroatoms. The Hall–Kier alpha value is -3.67. The molecule has 36 heavy (non-hydrogen) atoms. The van der Waals surface area contributed by atoms with Crippen LogP contribution in [0, 0.1) is 26.6 Å². The van der Waals surface area contributed by atoms with Crippen molar-refractivity contribution in [2.75, 3.05) is 6.61 Å². The lowest BCUT2D eigenvalue weighted by molar-refractivity contribution is -0.143. The molecule has 0 aromatic heterocycles. The molecule has 0 fully saturated rings. The van der Waals surface area contributed by atoms with E-state index in [1.807, 2.05) is 71.0 Å². The summed E-state index contributed by atoms with van der Waals surface area (Å²) in [6, 6.07) is 18.8. The number of hydrogen-bond donors (Lipinski definition) is 1. The highest BCUT2D eigenvalue weighted by Crippen LogP contribution is 2.24. The van der Waals surface area contributed by atoms with Crippen molar-refractivity contribution in [2.24, 2.45) is 0 Å². The Morgan fingerprint density at radius 2 is 1.64 bits per heavy atom. The molecule has 3 rings (SSSR count). The van der Waals surface area contributed by atoms with Crippen LogP contribution in [-0.4, -0.2) is 35.4 Å². The first-order valence-corrected chi connectivity index (χ1v) is 12.2. The van der Waals surface area contributed by atoms with Crippen LogP contribution >= 0.6 is 0 Å². The molecular weight excluding hydrogens is 455 g/mol. The molecule has 0 unspecified atom stereocenters. The molecular formula is C30H35FN2O3. The molecule has 0 saturated carbocycles. The summed E-state index contributed by atoms with van der Waals surface area (Å²) in [4.78, 5) is 28.4. The quantitative estimate of drug-likeness (QED) is 0.420. The molecule has 0 spiro atoms. The minimum atomic E-state index is -0.842. The van der Waals surface area contributed by atoms with Crippen LogP contribution in [0.15, 0.2) is 66.7 Å². The fourth-order valence-corrected chi connectivity index (χ4v) is 4.12. The number of aryl methyl sites for hydroxylation is 2. The summed E-state index contributed by atoms with van der Waals surface area (Å²) in [6.07, 6.45) is 0.294. The number of amides is 2. The van der Waals surface area contributed by atoms with Crippen molar-refractivity contribution >= 4 is 11.8 Å². The molecule has 1 atom stereocenters. The van der Waals surface area contributed by atoms with E-state index in [9.17, 15) is 14.0 Å². The number of nitrogens with one attached hydrogen (secondary N) is 1. The van der Waals surface area contributed by atoms with E-state index in [1.54, 1.807) is 18.2 Å². The van der Waals surface area contributed by atoms with Crippen molar-refractivity contribution in [1.29, 1.82) is 0 Å². The number of rotatable bonds is 10. The van der Waals surface area contributed by atoms with Crippen LogP contribution in [0.4, 0.5) is 4.39 Å². The molecule has 0 aliphatic rings. The monoisotopic (exact) mass is 490 g/mol. The van der Waals surface area contributed by atoms with Gasteiger partial charge in [-0.05, 0) is 69.0 Å². The molecule has 190 valence electrons. The van der Waals surface area contributed by atoms with Crippen molar-refractivity contribution in [1.82, 2.24) is 10.2 Å². The predicted octanol–water partition coefficient (Wildman–Crippen LogP) is 5.29. The first-order valence-electron chi connectivity index (χ1n) is 12.2. The van der Waals surface area contributed by atoms with Gasteiger partial charge in [0.1, 0.15) is 17.6 Å². The van der Waals surface area contributed by atoms with Crippen LogP contribution in [0.2, 0.25) is 0 Å². The third kappa shape index (κ3) is 7.17. The Kier molecular flexibility index (Phi) is 9.23. The summed E-state index contributed by atoms with van der Waals surface area (Å²) in [7, 11) is 0. The highest BCUT2D eigenvalue weighted by molar-refractivity contribution is 5.88. The fraction of sp³-hybridized carbons (Fsp3) is 0.333. The molecule has 0 radical (unpaired) electrons. The third-order valence-corrected chi connectivity index (χ3v) is 6.12. The lowest BCUT2D eigenvalue weighted by Crippen LogP contribution is -2.53. The van der Waals surface area contributed by atoms with Gasteiger partial charge >= 0.3 is 0 Å². The highest BCUT2D eigenvalue weighted by atomic mass is 19.1. The van der Waals surface area contributed by atoms with Gasteiger partial charge < -0.3 is 15.0 Å². The van der Waals surface area contributed by atoms with E-state index in [4.69, 9.17) is 4.74 Å². The second-order valence-corrected chi connectivity index (χ2v) is 9.48. The zero-order chi connectivity index (χ0) is 26.2. The van der Waals surface area contributed by atoms with Gasteiger partial charge in [-0.25, -0.2) is 4.39 Å². The van der Waals surface area contributed by atoms with Gasteiger partial charge in [0.25, 0.3) is 5.91 Å². The van der Waals surface area contributed by atoms with Crippen LogP contribution in [0.3, 0.4) is 0 Å². The van der Waals surface area contributed by atoms with Crippen LogP contribution < -0.4 is 10.1 Å². The Balaban J connectivity index is 1.95. The van der Waals surface area contributed by atoms with E-state index in [0.717, 1.165) is 22.3 Å². The molecule has 0 saturated heterocycles. The van der Waals surface area contributed by atoms with Gasteiger partial charge in [0.2, 0.25) is 5.91 Å². The molecule has 0 heterocycles. The standard InChI is InChI=1S/C30H35FN2O3/c1-20(2)32-30(35)27(17-24-11-7-6-8-12-24)33(18-25-13-9-10-14-26(25)31)29(34)19-36-28-16-21(3)15-22(4)23(28)5/h6-16,20,27H,17-19H2,1-5H3,(H,32,35)/t27-/m1/s1. The zero-order valence-electron chi connectivity index (χ0n) is 21.7. The SMILES string of the molecule is Cc1cc(C)c(C)c(OCC(=O)N(Cc2ccccc2F)[C@H](Cc2ccccc2)C(=O)NC(C)C)c1. The topological polar surface area (TPSA) is 58.6 Å². The second-order valence-electron chi connectivity index (χ2n) is 9.48. The van der Waals surface area contributed by atoms with Crippen molar-refractivity contribution < 1.29 is 18.7 Å². The molecule has 0 bridgehead atoms. The van der Waals surface area contributed by atoms with Gasteiger partial charge in [-0.3, -0.25) is 9.59 Å². The smallest absolute Gasteiger partial charge is 0.261 e. The van der Waals surface area contributed by atoms with Crippen molar-refractivity contribution in [3.63, 3.8) is 0 Å². The fourth-order valence-electron chi connectivity index (χ4n) is 4.12. The molecule has 3 aromatic carbocycles. The molecule has 2 amide bonds. The Morgan fingerprint density at radius 3 is 2.31 bits per heavy atom. The van der Waals surface area contributed by atoms with Gasteiger partial charge in [0.05, 0.1) is 0 Å². The maximum absolute atomic E-state index is 14.6. The molecule has 1 N–H and O–H groups in total. The van der Waals surface area contributed by atoms with Gasteiger partial charge in [0.15, 0.2) is 6.61 Å². The maximum atomic E-state index is 14.6. The average Bonchev–Trinajstić information content (AvgIpc) is 2.83. The normalized spacial score (nSPS) is 11.8. The molecule has 0 aliphatic heterocycles. The highest BCUT2D eigenvalue weighted by Gasteiger charge is 2.31. The summed E-state index contributed by atoms with van der Waals surface area (Å²) in [6.45, 7) is 9.33. The van der Waals surface area contributed by atoms with Crippen molar-refractivity contribution in [3.8, 4) is 5.75 Å². The summed E-state index contributed by atoms with van der Waals surface area (Å²) < 4.78 is 20.6. The van der Waals surface area contributed by atoms with Crippen molar-refractivity contribution in [2.45, 2.75) is 59.7 Å². The summed E-state index contributed by atoms with van der Waals surface area (Å²) in [5.41, 5.74) is 4.29. The van der Waals surface area contributed by atoms with Crippen molar-refractivity contribution in [3.05, 3.63) is 100 Å². The van der Waals surface area contributed by atoms with Gasteiger partial charge in [-0.1, -0.05) is 54.6 Å². The number of halogens is 1. The summed E-state index contributed by atoms with van der Waals surface area (Å²) >= 11 is 0. The first-order chi connectivity index (χ1) is 17.2. The van der Waals surface area contributed by atoms with Gasteiger partial charge in [0, 0.05) is 24.6 Å². The Bertz CT molecular complexity index is 1190.